The van der Waals surface area contributed by atoms with Crippen LogP contribution in [-0.4, -0.2) is 15.3 Å². The van der Waals surface area contributed by atoms with Gasteiger partial charge in [0.1, 0.15) is 5.75 Å². The van der Waals surface area contributed by atoms with Gasteiger partial charge in [-0.15, -0.1) is 0 Å². The molecule has 0 aliphatic rings. The second-order valence-corrected chi connectivity index (χ2v) is 2.94. The van der Waals surface area contributed by atoms with Gasteiger partial charge in [0.2, 0.25) is 0 Å². The third kappa shape index (κ3) is 1.82. The van der Waals surface area contributed by atoms with E-state index in [4.69, 9.17) is 11.6 Å². The summed E-state index contributed by atoms with van der Waals surface area (Å²) in [5, 5.41) is 8.18. The quantitative estimate of drug-likeness (QED) is 0.781. The SMILES string of the molecule is Cc1ncc(C(=O)Cl)c(C(F)F)c1O. The summed E-state index contributed by atoms with van der Waals surface area (Å²) in [6.45, 7) is 1.35. The second-order valence-electron chi connectivity index (χ2n) is 2.59. The Hall–Kier alpha value is -1.23. The van der Waals surface area contributed by atoms with Gasteiger partial charge in [-0.2, -0.15) is 0 Å². The highest BCUT2D eigenvalue weighted by molar-refractivity contribution is 6.67. The smallest absolute Gasteiger partial charge is 0.268 e. The number of pyridine rings is 1. The molecule has 0 unspecified atom stereocenters. The normalized spacial score (nSPS) is 10.6. The van der Waals surface area contributed by atoms with Gasteiger partial charge in [-0.3, -0.25) is 9.78 Å². The zero-order chi connectivity index (χ0) is 10.9. The lowest BCUT2D eigenvalue weighted by Crippen LogP contribution is -2.01. The van der Waals surface area contributed by atoms with E-state index in [0.29, 0.717) is 0 Å². The molecule has 6 heteroatoms. The van der Waals surface area contributed by atoms with Gasteiger partial charge in [0.15, 0.2) is 0 Å². The van der Waals surface area contributed by atoms with Gasteiger partial charge in [0.25, 0.3) is 11.7 Å². The van der Waals surface area contributed by atoms with Gasteiger partial charge in [-0.25, -0.2) is 8.78 Å². The van der Waals surface area contributed by atoms with Gasteiger partial charge >= 0.3 is 0 Å². The van der Waals surface area contributed by atoms with E-state index in [1.165, 1.54) is 6.92 Å². The van der Waals surface area contributed by atoms with Gasteiger partial charge < -0.3 is 5.11 Å². The fourth-order valence-electron chi connectivity index (χ4n) is 0.992. The Balaban J connectivity index is 3.45. The molecule has 0 aliphatic heterocycles. The van der Waals surface area contributed by atoms with Crippen LogP contribution in [0.2, 0.25) is 0 Å². The zero-order valence-electron chi connectivity index (χ0n) is 7.09. The molecule has 0 atom stereocenters. The van der Waals surface area contributed by atoms with Crippen molar-refractivity contribution < 1.29 is 18.7 Å². The molecule has 76 valence electrons. The van der Waals surface area contributed by atoms with E-state index in [9.17, 15) is 18.7 Å². The summed E-state index contributed by atoms with van der Waals surface area (Å²) in [7, 11) is 0. The van der Waals surface area contributed by atoms with Crippen LogP contribution < -0.4 is 0 Å². The molecule has 1 N–H and O–H groups in total. The number of hydrogen-bond donors (Lipinski definition) is 1. The minimum atomic E-state index is -2.96. The van der Waals surface area contributed by atoms with E-state index in [2.05, 4.69) is 4.98 Å². The van der Waals surface area contributed by atoms with Crippen LogP contribution in [0.4, 0.5) is 8.78 Å². The Morgan fingerprint density at radius 2 is 2.21 bits per heavy atom. The average Bonchev–Trinajstić information content (AvgIpc) is 2.08. The van der Waals surface area contributed by atoms with E-state index in [1.807, 2.05) is 0 Å². The summed E-state index contributed by atoms with van der Waals surface area (Å²) in [6, 6.07) is 0. The summed E-state index contributed by atoms with van der Waals surface area (Å²) in [5.74, 6) is -0.688. The summed E-state index contributed by atoms with van der Waals surface area (Å²) in [5.41, 5.74) is -1.20. The van der Waals surface area contributed by atoms with Crippen LogP contribution >= 0.6 is 11.6 Å². The Bertz CT molecular complexity index is 382. The number of hydrogen-bond acceptors (Lipinski definition) is 3. The van der Waals surface area contributed by atoms with Crippen molar-refractivity contribution in [3.05, 3.63) is 23.0 Å². The van der Waals surface area contributed by atoms with Crippen LogP contribution in [0.3, 0.4) is 0 Å². The number of carbonyl (C=O) groups excluding carboxylic acids is 1. The molecule has 0 saturated heterocycles. The molecule has 1 aromatic heterocycles. The maximum atomic E-state index is 12.4. The van der Waals surface area contributed by atoms with Crippen LogP contribution in [0.25, 0.3) is 0 Å². The maximum Gasteiger partial charge on any atom is 0.268 e. The lowest BCUT2D eigenvalue weighted by atomic mass is 10.1. The first kappa shape index (κ1) is 10.8. The van der Waals surface area contributed by atoms with Crippen molar-refractivity contribution in [1.29, 1.82) is 0 Å². The van der Waals surface area contributed by atoms with Gasteiger partial charge in [-0.05, 0) is 18.5 Å². The standard InChI is InChI=1S/C8H6ClF2NO2/c1-3-6(13)5(8(10)11)4(2-12-3)7(9)14/h2,8,13H,1H3. The van der Waals surface area contributed by atoms with Crippen LogP contribution in [-0.2, 0) is 0 Å². The molecule has 14 heavy (non-hydrogen) atoms. The minimum absolute atomic E-state index is 0.0296. The van der Waals surface area contributed by atoms with Crippen molar-refractivity contribution in [1.82, 2.24) is 4.98 Å². The Morgan fingerprint density at radius 1 is 1.64 bits per heavy atom. The topological polar surface area (TPSA) is 50.2 Å². The summed E-state index contributed by atoms with van der Waals surface area (Å²) >= 11 is 5.05. The molecular formula is C8H6ClF2NO2. The first-order valence-electron chi connectivity index (χ1n) is 3.61. The van der Waals surface area contributed by atoms with Crippen LogP contribution in [0.15, 0.2) is 6.20 Å². The van der Waals surface area contributed by atoms with Crippen molar-refractivity contribution in [3.8, 4) is 5.75 Å². The van der Waals surface area contributed by atoms with Gasteiger partial charge in [-0.1, -0.05) is 0 Å². The monoisotopic (exact) mass is 221 g/mol. The molecule has 0 fully saturated rings. The molecule has 0 radical (unpaired) electrons. The van der Waals surface area contributed by atoms with E-state index in [0.717, 1.165) is 6.20 Å². The highest BCUT2D eigenvalue weighted by Gasteiger charge is 2.23. The minimum Gasteiger partial charge on any atom is -0.506 e. The fraction of sp³-hybridized carbons (Fsp3) is 0.250. The summed E-state index contributed by atoms with van der Waals surface area (Å²) in [6.07, 6.45) is -2.04. The Morgan fingerprint density at radius 3 is 2.64 bits per heavy atom. The number of nitrogens with zero attached hydrogens (tertiary/aromatic N) is 1. The van der Waals surface area contributed by atoms with Crippen molar-refractivity contribution >= 4 is 16.8 Å². The molecule has 1 aromatic rings. The number of halogens is 3. The van der Waals surface area contributed by atoms with E-state index in [-0.39, 0.29) is 5.69 Å². The highest BCUT2D eigenvalue weighted by atomic mass is 35.5. The fourth-order valence-corrected chi connectivity index (χ4v) is 1.14. The van der Waals surface area contributed by atoms with Gasteiger partial charge in [0, 0.05) is 6.20 Å². The molecule has 1 heterocycles. The van der Waals surface area contributed by atoms with Crippen molar-refractivity contribution in [2.45, 2.75) is 13.3 Å². The molecule has 0 aromatic carbocycles. The molecule has 0 bridgehead atoms. The Labute approximate surface area is 83.3 Å². The molecule has 0 amide bonds. The predicted molar refractivity (Wildman–Crippen MR) is 45.8 cm³/mol. The number of alkyl halides is 2. The van der Waals surface area contributed by atoms with Crippen molar-refractivity contribution in [3.63, 3.8) is 0 Å². The number of carbonyl (C=O) groups is 1. The summed E-state index contributed by atoms with van der Waals surface area (Å²) < 4.78 is 24.9. The largest absolute Gasteiger partial charge is 0.506 e. The van der Waals surface area contributed by atoms with E-state index in [1.54, 1.807) is 0 Å². The third-order valence-corrected chi connectivity index (χ3v) is 1.91. The molecule has 0 spiro atoms. The average molecular weight is 222 g/mol. The van der Waals surface area contributed by atoms with Gasteiger partial charge in [0.05, 0.1) is 16.8 Å². The molecule has 1 rings (SSSR count). The molecular weight excluding hydrogens is 216 g/mol. The molecule has 0 aliphatic carbocycles. The third-order valence-electron chi connectivity index (χ3n) is 1.71. The first-order valence-corrected chi connectivity index (χ1v) is 3.99. The van der Waals surface area contributed by atoms with Crippen LogP contribution in [0.1, 0.15) is 28.0 Å². The van der Waals surface area contributed by atoms with Crippen molar-refractivity contribution in [2.24, 2.45) is 0 Å². The molecule has 3 nitrogen and oxygen atoms in total. The number of rotatable bonds is 2. The zero-order valence-corrected chi connectivity index (χ0v) is 7.85. The predicted octanol–water partition coefficient (Wildman–Crippen LogP) is 2.41. The van der Waals surface area contributed by atoms with Crippen molar-refractivity contribution in [2.75, 3.05) is 0 Å². The number of aromatic hydroxyl groups is 1. The number of aryl methyl sites for hydroxylation is 1. The highest BCUT2D eigenvalue weighted by Crippen LogP contribution is 2.33. The number of aromatic nitrogens is 1. The summed E-state index contributed by atoms with van der Waals surface area (Å²) in [4.78, 5) is 14.3. The lowest BCUT2D eigenvalue weighted by molar-refractivity contribution is 0.106. The maximum absolute atomic E-state index is 12.4. The lowest BCUT2D eigenvalue weighted by Gasteiger charge is -2.08. The van der Waals surface area contributed by atoms with E-state index < -0.39 is 28.5 Å². The first-order chi connectivity index (χ1) is 6.45. The van der Waals surface area contributed by atoms with Crippen LogP contribution in [0, 0.1) is 6.92 Å². The van der Waals surface area contributed by atoms with E-state index >= 15 is 0 Å². The van der Waals surface area contributed by atoms with Crippen LogP contribution in [0.5, 0.6) is 5.75 Å². The second kappa shape index (κ2) is 3.88. The molecule has 0 saturated carbocycles. The Kier molecular flexibility index (Phi) is 3.00.